The van der Waals surface area contributed by atoms with Crippen LogP contribution in [-0.2, 0) is 0 Å². The lowest BCUT2D eigenvalue weighted by Gasteiger charge is -2.07. The fourth-order valence-corrected chi connectivity index (χ4v) is 2.57. The first-order valence-electron chi connectivity index (χ1n) is 7.57. The normalized spacial score (nSPS) is 13.8. The Balaban J connectivity index is 1.87. The molecule has 2 heterocycles. The van der Waals surface area contributed by atoms with Crippen LogP contribution < -0.4 is 5.56 Å². The second kappa shape index (κ2) is 5.96. The van der Waals surface area contributed by atoms with E-state index in [1.807, 2.05) is 72.9 Å². The third-order valence-electron chi connectivity index (χ3n) is 3.75. The minimum atomic E-state index is -0.143. The van der Waals surface area contributed by atoms with Crippen molar-refractivity contribution in [2.45, 2.75) is 0 Å². The van der Waals surface area contributed by atoms with Crippen molar-refractivity contribution >= 4 is 16.7 Å². The van der Waals surface area contributed by atoms with Gasteiger partial charge in [0.15, 0.2) is 5.65 Å². The summed E-state index contributed by atoms with van der Waals surface area (Å²) in [5, 5.41) is 4.81. The summed E-state index contributed by atoms with van der Waals surface area (Å²) >= 11 is 0. The molecule has 0 radical (unpaired) electrons. The third kappa shape index (κ3) is 2.42. The summed E-state index contributed by atoms with van der Waals surface area (Å²) in [7, 11) is 0. The molecule has 1 aliphatic rings. The second-order valence-corrected chi connectivity index (χ2v) is 5.27. The van der Waals surface area contributed by atoms with E-state index in [9.17, 15) is 4.79 Å². The van der Waals surface area contributed by atoms with Gasteiger partial charge in [0.05, 0.1) is 17.6 Å². The third-order valence-corrected chi connectivity index (χ3v) is 3.75. The molecule has 0 aliphatic heterocycles. The SMILES string of the molecule is O=c1c2cnn(-c3ccccc3)c2ncn1C1=CC=CC=CC=C1. The highest BCUT2D eigenvalue weighted by atomic mass is 16.1. The number of fused-ring (bicyclic) bond motifs is 1. The number of para-hydroxylation sites is 1. The maximum Gasteiger partial charge on any atom is 0.269 e. The highest BCUT2D eigenvalue weighted by Gasteiger charge is 2.12. The zero-order chi connectivity index (χ0) is 16.4. The Morgan fingerprint density at radius 1 is 0.917 bits per heavy atom. The Bertz CT molecular complexity index is 1070. The second-order valence-electron chi connectivity index (χ2n) is 5.27. The van der Waals surface area contributed by atoms with Crippen LogP contribution in [0.1, 0.15) is 0 Å². The maximum absolute atomic E-state index is 12.8. The predicted molar refractivity (Wildman–Crippen MR) is 94.8 cm³/mol. The van der Waals surface area contributed by atoms with Crippen molar-refractivity contribution in [1.82, 2.24) is 19.3 Å². The fraction of sp³-hybridized carbons (Fsp3) is 0. The Morgan fingerprint density at radius 2 is 1.71 bits per heavy atom. The van der Waals surface area contributed by atoms with Crippen molar-refractivity contribution in [1.29, 1.82) is 0 Å². The van der Waals surface area contributed by atoms with Gasteiger partial charge in [-0.05, 0) is 24.3 Å². The van der Waals surface area contributed by atoms with Crippen molar-refractivity contribution in [3.8, 4) is 5.69 Å². The van der Waals surface area contributed by atoms with Gasteiger partial charge in [0.2, 0.25) is 0 Å². The van der Waals surface area contributed by atoms with E-state index in [2.05, 4.69) is 10.1 Å². The smallest absolute Gasteiger partial charge is 0.268 e. The van der Waals surface area contributed by atoms with Crippen molar-refractivity contribution in [2.75, 3.05) is 0 Å². The molecule has 0 fully saturated rings. The summed E-state index contributed by atoms with van der Waals surface area (Å²) in [6, 6.07) is 9.64. The zero-order valence-electron chi connectivity index (χ0n) is 12.8. The van der Waals surface area contributed by atoms with E-state index in [4.69, 9.17) is 0 Å². The van der Waals surface area contributed by atoms with Gasteiger partial charge in [0.25, 0.3) is 5.56 Å². The van der Waals surface area contributed by atoms with Gasteiger partial charge in [0, 0.05) is 0 Å². The number of benzene rings is 1. The summed E-state index contributed by atoms with van der Waals surface area (Å²) < 4.78 is 3.20. The summed E-state index contributed by atoms with van der Waals surface area (Å²) in [4.78, 5) is 17.3. The van der Waals surface area contributed by atoms with Crippen LogP contribution in [0, 0.1) is 0 Å². The number of aromatic nitrogens is 4. The van der Waals surface area contributed by atoms with Crippen LogP contribution in [0.2, 0.25) is 0 Å². The molecule has 5 nitrogen and oxygen atoms in total. The lowest BCUT2D eigenvalue weighted by Crippen LogP contribution is -2.19. The average molecular weight is 314 g/mol. The Morgan fingerprint density at radius 3 is 2.58 bits per heavy atom. The van der Waals surface area contributed by atoms with Gasteiger partial charge in [-0.2, -0.15) is 5.10 Å². The first-order valence-corrected chi connectivity index (χ1v) is 7.57. The first kappa shape index (κ1) is 14.1. The van der Waals surface area contributed by atoms with Gasteiger partial charge in [-0.25, -0.2) is 9.67 Å². The molecule has 0 unspecified atom stereocenters. The van der Waals surface area contributed by atoms with Crippen LogP contribution >= 0.6 is 0 Å². The number of nitrogens with zero attached hydrogens (tertiary/aromatic N) is 4. The van der Waals surface area contributed by atoms with E-state index in [0.717, 1.165) is 11.4 Å². The minimum Gasteiger partial charge on any atom is -0.268 e. The molecule has 1 aromatic carbocycles. The first-order chi connectivity index (χ1) is 11.8. The molecule has 0 atom stereocenters. The summed E-state index contributed by atoms with van der Waals surface area (Å²) in [5.41, 5.74) is 2.03. The molecule has 0 N–H and O–H groups in total. The monoisotopic (exact) mass is 314 g/mol. The summed E-state index contributed by atoms with van der Waals surface area (Å²) in [5.74, 6) is 0. The van der Waals surface area contributed by atoms with Crippen LogP contribution in [0.5, 0.6) is 0 Å². The van der Waals surface area contributed by atoms with Crippen LogP contribution in [0.15, 0.2) is 90.2 Å². The topological polar surface area (TPSA) is 52.7 Å². The molecule has 24 heavy (non-hydrogen) atoms. The van der Waals surface area contributed by atoms with Gasteiger partial charge in [-0.15, -0.1) is 0 Å². The lowest BCUT2D eigenvalue weighted by atomic mass is 10.2. The molecule has 116 valence electrons. The van der Waals surface area contributed by atoms with E-state index >= 15 is 0 Å². The lowest BCUT2D eigenvalue weighted by molar-refractivity contribution is 0.888. The molecule has 0 amide bonds. The number of rotatable bonds is 2. The largest absolute Gasteiger partial charge is 0.269 e. The molecular formula is C19H14N4O. The molecule has 0 spiro atoms. The molecular weight excluding hydrogens is 300 g/mol. The Labute approximate surface area is 138 Å². The van der Waals surface area contributed by atoms with Crippen molar-refractivity contribution in [2.24, 2.45) is 0 Å². The van der Waals surface area contributed by atoms with E-state index in [1.165, 1.54) is 4.57 Å². The molecule has 1 aliphatic carbocycles. The molecule has 2 aromatic heterocycles. The highest BCUT2D eigenvalue weighted by Crippen LogP contribution is 2.14. The van der Waals surface area contributed by atoms with Crippen LogP contribution in [0.25, 0.3) is 22.4 Å². The van der Waals surface area contributed by atoms with Crippen LogP contribution in [0.3, 0.4) is 0 Å². The number of allylic oxidation sites excluding steroid dienone is 8. The Hall–Kier alpha value is -3.47. The molecule has 0 saturated carbocycles. The minimum absolute atomic E-state index is 0.143. The van der Waals surface area contributed by atoms with Gasteiger partial charge < -0.3 is 0 Å². The predicted octanol–water partition coefficient (Wildman–Crippen LogP) is 3.11. The van der Waals surface area contributed by atoms with Crippen LogP contribution in [-0.4, -0.2) is 19.3 Å². The molecule has 0 bridgehead atoms. The van der Waals surface area contributed by atoms with E-state index in [-0.39, 0.29) is 5.56 Å². The van der Waals surface area contributed by atoms with Crippen molar-refractivity contribution in [3.05, 3.63) is 95.7 Å². The molecule has 3 aromatic rings. The quantitative estimate of drug-likeness (QED) is 0.730. The Kier molecular flexibility index (Phi) is 3.51. The van der Waals surface area contributed by atoms with Gasteiger partial charge in [-0.1, -0.05) is 48.6 Å². The zero-order valence-corrected chi connectivity index (χ0v) is 12.8. The highest BCUT2D eigenvalue weighted by molar-refractivity contribution is 5.76. The molecule has 4 rings (SSSR count). The standard InChI is InChI=1S/C19H14N4O/c24-19-17-13-21-23(16-11-7-4-8-12-16)18(17)20-14-22(19)15-9-5-2-1-3-6-10-15/h1-14H. The van der Waals surface area contributed by atoms with Crippen LogP contribution in [0.4, 0.5) is 0 Å². The van der Waals surface area contributed by atoms with E-state index in [1.54, 1.807) is 17.2 Å². The van der Waals surface area contributed by atoms with Gasteiger partial charge in [0.1, 0.15) is 11.7 Å². The van der Waals surface area contributed by atoms with Gasteiger partial charge >= 0.3 is 0 Å². The van der Waals surface area contributed by atoms with E-state index in [0.29, 0.717) is 11.0 Å². The van der Waals surface area contributed by atoms with Gasteiger partial charge in [-0.3, -0.25) is 9.36 Å². The molecule has 5 heteroatoms. The average Bonchev–Trinajstić information content (AvgIpc) is 3.01. The summed E-state index contributed by atoms with van der Waals surface area (Å²) in [6.07, 6.45) is 16.4. The maximum atomic E-state index is 12.8. The fourth-order valence-electron chi connectivity index (χ4n) is 2.57. The number of hydrogen-bond donors (Lipinski definition) is 0. The van der Waals surface area contributed by atoms with E-state index < -0.39 is 0 Å². The van der Waals surface area contributed by atoms with Crippen molar-refractivity contribution in [3.63, 3.8) is 0 Å². The van der Waals surface area contributed by atoms with Crippen molar-refractivity contribution < 1.29 is 0 Å². The number of hydrogen-bond acceptors (Lipinski definition) is 3. The summed E-state index contributed by atoms with van der Waals surface area (Å²) in [6.45, 7) is 0. The molecule has 0 saturated heterocycles.